The predicted molar refractivity (Wildman–Crippen MR) is 72.2 cm³/mol. The van der Waals surface area contributed by atoms with E-state index in [1.807, 2.05) is 0 Å². The van der Waals surface area contributed by atoms with E-state index in [-0.39, 0.29) is 28.9 Å². The van der Waals surface area contributed by atoms with Gasteiger partial charge in [-0.15, -0.1) is 0 Å². The van der Waals surface area contributed by atoms with Gasteiger partial charge in [0.1, 0.15) is 5.76 Å². The zero-order chi connectivity index (χ0) is 15.1. The zero-order valence-corrected chi connectivity index (χ0v) is 11.3. The van der Waals surface area contributed by atoms with E-state index in [4.69, 9.17) is 0 Å². The van der Waals surface area contributed by atoms with Gasteiger partial charge in [-0.3, -0.25) is 9.59 Å². The molecule has 5 heteroatoms. The van der Waals surface area contributed by atoms with Gasteiger partial charge in [0.05, 0.1) is 11.7 Å². The third kappa shape index (κ3) is 2.37. The van der Waals surface area contributed by atoms with E-state index in [1.165, 1.54) is 26.0 Å². The van der Waals surface area contributed by atoms with Crippen LogP contribution in [0.25, 0.3) is 5.76 Å². The van der Waals surface area contributed by atoms with Crippen molar-refractivity contribution in [2.24, 2.45) is 0 Å². The monoisotopic (exact) mass is 276 g/mol. The van der Waals surface area contributed by atoms with Crippen molar-refractivity contribution in [2.45, 2.75) is 32.0 Å². The first-order chi connectivity index (χ1) is 9.23. The highest BCUT2D eigenvalue weighted by atomic mass is 16.3. The molecule has 0 saturated heterocycles. The lowest BCUT2D eigenvalue weighted by atomic mass is 9.84. The largest absolute Gasteiger partial charge is 0.507 e. The fourth-order valence-corrected chi connectivity index (χ4v) is 2.05. The maximum absolute atomic E-state index is 12.0. The molecule has 106 valence electrons. The number of hydrogen-bond donors (Lipinski definition) is 3. The third-order valence-corrected chi connectivity index (χ3v) is 3.41. The van der Waals surface area contributed by atoms with Crippen LogP contribution in [0.1, 0.15) is 36.2 Å². The van der Waals surface area contributed by atoms with E-state index in [0.29, 0.717) is 0 Å². The number of fused-ring (bicyclic) bond motifs is 1. The Bertz CT molecular complexity index is 607. The Hall–Kier alpha value is -1.98. The number of hydrogen-bond acceptors (Lipinski definition) is 5. The Morgan fingerprint density at radius 2 is 1.65 bits per heavy atom. The van der Waals surface area contributed by atoms with Crippen molar-refractivity contribution in [3.8, 4) is 0 Å². The molecule has 0 saturated carbocycles. The van der Waals surface area contributed by atoms with E-state index in [1.54, 1.807) is 12.1 Å². The van der Waals surface area contributed by atoms with E-state index in [9.17, 15) is 24.9 Å². The molecular weight excluding hydrogens is 260 g/mol. The number of Topliss-reactive ketones (excluding diaryl/α,β-unsaturated/α-hetero) is 2. The third-order valence-electron chi connectivity index (χ3n) is 3.41. The Balaban J connectivity index is 2.47. The van der Waals surface area contributed by atoms with Gasteiger partial charge < -0.3 is 15.3 Å². The highest BCUT2D eigenvalue weighted by Gasteiger charge is 2.36. The molecule has 0 radical (unpaired) electrons. The molecule has 0 aromatic heterocycles. The molecule has 0 amide bonds. The minimum absolute atomic E-state index is 0.150. The average Bonchev–Trinajstić information content (AvgIpc) is 2.39. The highest BCUT2D eigenvalue weighted by Crippen LogP contribution is 2.31. The second-order valence-electron chi connectivity index (χ2n) is 5.40. The van der Waals surface area contributed by atoms with E-state index < -0.39 is 23.3 Å². The molecule has 20 heavy (non-hydrogen) atoms. The Kier molecular flexibility index (Phi) is 3.50. The molecule has 0 heterocycles. The van der Waals surface area contributed by atoms with Gasteiger partial charge in [0.25, 0.3) is 0 Å². The quantitative estimate of drug-likeness (QED) is 0.722. The van der Waals surface area contributed by atoms with Gasteiger partial charge in [0.2, 0.25) is 11.6 Å². The smallest absolute Gasteiger partial charge is 0.234 e. The van der Waals surface area contributed by atoms with Gasteiger partial charge in [-0.2, -0.15) is 0 Å². The topological polar surface area (TPSA) is 94.8 Å². The van der Waals surface area contributed by atoms with Crippen molar-refractivity contribution in [2.75, 3.05) is 0 Å². The van der Waals surface area contributed by atoms with Crippen molar-refractivity contribution in [3.63, 3.8) is 0 Å². The molecule has 5 nitrogen and oxygen atoms in total. The van der Waals surface area contributed by atoms with Crippen LogP contribution in [-0.4, -0.2) is 38.6 Å². The van der Waals surface area contributed by atoms with Gasteiger partial charge >= 0.3 is 0 Å². The summed E-state index contributed by atoms with van der Waals surface area (Å²) < 4.78 is 0. The molecule has 1 aromatic carbocycles. The SMILES string of the molecule is CC(C)(O)[C@H](O)CC1=C(O)c2ccccc2C(=O)C1=O. The molecule has 1 aliphatic rings. The Morgan fingerprint density at radius 1 is 1.10 bits per heavy atom. The minimum atomic E-state index is -1.44. The molecule has 1 aliphatic carbocycles. The molecule has 2 rings (SSSR count). The van der Waals surface area contributed by atoms with Crippen LogP contribution in [0.2, 0.25) is 0 Å². The Morgan fingerprint density at radius 3 is 2.20 bits per heavy atom. The summed E-state index contributed by atoms with van der Waals surface area (Å²) in [6.07, 6.45) is -1.55. The lowest BCUT2D eigenvalue weighted by Crippen LogP contribution is -2.38. The van der Waals surface area contributed by atoms with Crippen molar-refractivity contribution < 1.29 is 24.9 Å². The summed E-state index contributed by atoms with van der Waals surface area (Å²) in [7, 11) is 0. The Labute approximate surface area is 116 Å². The average molecular weight is 276 g/mol. The molecule has 0 unspecified atom stereocenters. The fourth-order valence-electron chi connectivity index (χ4n) is 2.05. The molecule has 0 spiro atoms. The number of ketones is 2. The highest BCUT2D eigenvalue weighted by molar-refractivity contribution is 6.52. The number of carbonyl (C=O) groups is 2. The minimum Gasteiger partial charge on any atom is -0.507 e. The summed E-state index contributed by atoms with van der Waals surface area (Å²) in [4.78, 5) is 24.0. The second-order valence-corrected chi connectivity index (χ2v) is 5.40. The van der Waals surface area contributed by atoms with Crippen LogP contribution in [0.3, 0.4) is 0 Å². The molecular formula is C15H16O5. The first kappa shape index (κ1) is 14.4. The number of carbonyl (C=O) groups excluding carboxylic acids is 2. The van der Waals surface area contributed by atoms with Crippen molar-refractivity contribution >= 4 is 17.3 Å². The maximum Gasteiger partial charge on any atom is 0.234 e. The number of benzene rings is 1. The van der Waals surface area contributed by atoms with Crippen LogP contribution in [0.5, 0.6) is 0 Å². The normalized spacial score (nSPS) is 17.2. The molecule has 1 aromatic rings. The summed E-state index contributed by atoms with van der Waals surface area (Å²) in [5.41, 5.74) is -1.18. The van der Waals surface area contributed by atoms with Gasteiger partial charge in [-0.25, -0.2) is 0 Å². The zero-order valence-electron chi connectivity index (χ0n) is 11.3. The predicted octanol–water partition coefficient (Wildman–Crippen LogP) is 1.24. The summed E-state index contributed by atoms with van der Waals surface area (Å²) in [5, 5.41) is 29.7. The van der Waals surface area contributed by atoms with Crippen LogP contribution in [-0.2, 0) is 4.79 Å². The summed E-state index contributed by atoms with van der Waals surface area (Å²) in [6, 6.07) is 6.25. The molecule has 3 N–H and O–H groups in total. The van der Waals surface area contributed by atoms with Gasteiger partial charge in [0.15, 0.2) is 0 Å². The van der Waals surface area contributed by atoms with Gasteiger partial charge in [0, 0.05) is 23.1 Å². The second kappa shape index (κ2) is 4.85. The molecule has 0 aliphatic heterocycles. The summed E-state index contributed by atoms with van der Waals surface area (Å²) in [6.45, 7) is 2.77. The van der Waals surface area contributed by atoms with Crippen molar-refractivity contribution in [1.82, 2.24) is 0 Å². The van der Waals surface area contributed by atoms with Crippen LogP contribution in [0.4, 0.5) is 0 Å². The summed E-state index contributed by atoms with van der Waals surface area (Å²) in [5.74, 6) is -1.87. The fraction of sp³-hybridized carbons (Fsp3) is 0.333. The molecule has 1 atom stereocenters. The van der Waals surface area contributed by atoms with Crippen LogP contribution in [0.15, 0.2) is 29.8 Å². The summed E-state index contributed by atoms with van der Waals surface area (Å²) >= 11 is 0. The van der Waals surface area contributed by atoms with Gasteiger partial charge in [-0.05, 0) is 13.8 Å². The molecule has 0 bridgehead atoms. The van der Waals surface area contributed by atoms with E-state index in [2.05, 4.69) is 0 Å². The number of rotatable bonds is 3. The van der Waals surface area contributed by atoms with Gasteiger partial charge in [-0.1, -0.05) is 24.3 Å². The lowest BCUT2D eigenvalue weighted by molar-refractivity contribution is -0.112. The number of aliphatic hydroxyl groups excluding tert-OH is 2. The van der Waals surface area contributed by atoms with Crippen LogP contribution in [0, 0.1) is 0 Å². The first-order valence-electron chi connectivity index (χ1n) is 6.24. The van der Waals surface area contributed by atoms with Crippen LogP contribution >= 0.6 is 0 Å². The standard InChI is InChI=1S/C15H16O5/c1-15(2,20)11(16)7-10-12(17)8-5-3-4-6-9(8)13(18)14(10)19/h3-6,11,16-17,20H,7H2,1-2H3/t11-/m1/s1. The van der Waals surface area contributed by atoms with Crippen molar-refractivity contribution in [1.29, 1.82) is 0 Å². The van der Waals surface area contributed by atoms with E-state index >= 15 is 0 Å². The van der Waals surface area contributed by atoms with Crippen LogP contribution < -0.4 is 0 Å². The van der Waals surface area contributed by atoms with E-state index in [0.717, 1.165) is 0 Å². The van der Waals surface area contributed by atoms with Crippen molar-refractivity contribution in [3.05, 3.63) is 41.0 Å². The first-order valence-corrected chi connectivity index (χ1v) is 6.24. The maximum atomic E-state index is 12.0. The lowest BCUT2D eigenvalue weighted by Gasteiger charge is -2.26. The molecule has 0 fully saturated rings. The number of aliphatic hydroxyl groups is 3.